The highest BCUT2D eigenvalue weighted by molar-refractivity contribution is 5.87. The molecule has 0 aliphatic carbocycles. The normalized spacial score (nSPS) is 19.0. The van der Waals surface area contributed by atoms with Crippen LogP contribution in [0.15, 0.2) is 0 Å². The van der Waals surface area contributed by atoms with Crippen LogP contribution in [0.25, 0.3) is 0 Å². The van der Waals surface area contributed by atoms with E-state index in [2.05, 4.69) is 0 Å². The van der Waals surface area contributed by atoms with Gasteiger partial charge < -0.3 is 15.5 Å². The largest absolute Gasteiger partial charge is 0.343 e. The van der Waals surface area contributed by atoms with Gasteiger partial charge in [-0.1, -0.05) is 13.8 Å². The Bertz CT molecular complexity index is 334. The Morgan fingerprint density at radius 3 is 2.47 bits per heavy atom. The van der Waals surface area contributed by atoms with Crippen molar-refractivity contribution in [2.45, 2.75) is 39.7 Å². The molecule has 0 aromatic carbocycles. The van der Waals surface area contributed by atoms with Crippen LogP contribution >= 0.6 is 12.4 Å². The molecule has 0 radical (unpaired) electrons. The average Bonchev–Trinajstić information content (AvgIpc) is 2.76. The highest BCUT2D eigenvalue weighted by Gasteiger charge is 2.35. The Labute approximate surface area is 121 Å². The van der Waals surface area contributed by atoms with Gasteiger partial charge in [0.05, 0.1) is 0 Å². The molecule has 112 valence electrons. The highest BCUT2D eigenvalue weighted by Crippen LogP contribution is 2.21. The molecule has 1 saturated heterocycles. The molecule has 2 amide bonds. The lowest BCUT2D eigenvalue weighted by molar-refractivity contribution is -0.142. The van der Waals surface area contributed by atoms with Gasteiger partial charge in [-0.2, -0.15) is 0 Å². The zero-order chi connectivity index (χ0) is 13.9. The Morgan fingerprint density at radius 1 is 1.42 bits per heavy atom. The van der Waals surface area contributed by atoms with Crippen molar-refractivity contribution in [3.63, 3.8) is 0 Å². The fourth-order valence-corrected chi connectivity index (χ4v) is 2.44. The third-order valence-corrected chi connectivity index (χ3v) is 3.54. The maximum atomic E-state index is 12.3. The zero-order valence-electron chi connectivity index (χ0n) is 12.3. The molecule has 1 aliphatic rings. The van der Waals surface area contributed by atoms with Gasteiger partial charge in [0.25, 0.3) is 0 Å². The number of carbonyl (C=O) groups is 2. The van der Waals surface area contributed by atoms with E-state index in [1.54, 1.807) is 16.8 Å². The fourth-order valence-electron chi connectivity index (χ4n) is 2.44. The maximum absolute atomic E-state index is 12.3. The first-order chi connectivity index (χ1) is 8.28. The minimum absolute atomic E-state index is 0. The van der Waals surface area contributed by atoms with Crippen molar-refractivity contribution in [3.05, 3.63) is 0 Å². The number of likely N-dealkylation sites (N-methyl/N-ethyl adjacent to an activating group) is 1. The molecule has 0 bridgehead atoms. The summed E-state index contributed by atoms with van der Waals surface area (Å²) >= 11 is 0. The molecule has 0 aromatic rings. The van der Waals surface area contributed by atoms with E-state index in [0.29, 0.717) is 19.6 Å². The van der Waals surface area contributed by atoms with Crippen molar-refractivity contribution in [2.24, 2.45) is 11.1 Å². The second kappa shape index (κ2) is 7.10. The van der Waals surface area contributed by atoms with Gasteiger partial charge in [0.2, 0.25) is 11.8 Å². The standard InChI is InChI=1S/C13H25N3O2.ClH/c1-10(17)16-7-5-6-11(16)12(18)15(4)9-13(2,3)8-14;/h11H,5-9,14H2,1-4H3;1H. The zero-order valence-corrected chi connectivity index (χ0v) is 13.1. The minimum Gasteiger partial charge on any atom is -0.343 e. The van der Waals surface area contributed by atoms with Crippen LogP contribution < -0.4 is 5.73 Å². The van der Waals surface area contributed by atoms with Gasteiger partial charge in [0.15, 0.2) is 0 Å². The summed E-state index contributed by atoms with van der Waals surface area (Å²) < 4.78 is 0. The van der Waals surface area contributed by atoms with Crippen molar-refractivity contribution < 1.29 is 9.59 Å². The Hall–Kier alpha value is -0.810. The average molecular weight is 292 g/mol. The second-order valence-corrected chi connectivity index (χ2v) is 5.93. The summed E-state index contributed by atoms with van der Waals surface area (Å²) in [6.07, 6.45) is 1.68. The number of halogens is 1. The molecule has 1 aliphatic heterocycles. The molecule has 0 spiro atoms. The van der Waals surface area contributed by atoms with Gasteiger partial charge in [-0.05, 0) is 24.8 Å². The molecule has 1 unspecified atom stereocenters. The summed E-state index contributed by atoms with van der Waals surface area (Å²) in [5.41, 5.74) is 5.59. The molecular weight excluding hydrogens is 266 g/mol. The summed E-state index contributed by atoms with van der Waals surface area (Å²) in [5, 5.41) is 0. The summed E-state index contributed by atoms with van der Waals surface area (Å²) in [5.74, 6) is 0.0153. The van der Waals surface area contributed by atoms with Crippen molar-refractivity contribution in [1.82, 2.24) is 9.80 Å². The molecule has 6 heteroatoms. The van der Waals surface area contributed by atoms with Gasteiger partial charge in [0, 0.05) is 27.1 Å². The maximum Gasteiger partial charge on any atom is 0.245 e. The van der Waals surface area contributed by atoms with Crippen molar-refractivity contribution >= 4 is 24.2 Å². The van der Waals surface area contributed by atoms with E-state index in [4.69, 9.17) is 5.73 Å². The quantitative estimate of drug-likeness (QED) is 0.835. The number of amides is 2. The molecular formula is C13H26ClN3O2. The molecule has 0 aromatic heterocycles. The highest BCUT2D eigenvalue weighted by atomic mass is 35.5. The van der Waals surface area contributed by atoms with E-state index in [1.807, 2.05) is 13.8 Å². The van der Waals surface area contributed by atoms with Gasteiger partial charge in [0.1, 0.15) is 6.04 Å². The monoisotopic (exact) mass is 291 g/mol. The summed E-state index contributed by atoms with van der Waals surface area (Å²) in [6, 6.07) is -0.277. The van der Waals surface area contributed by atoms with Crippen LogP contribution in [0.3, 0.4) is 0 Å². The summed E-state index contributed by atoms with van der Waals surface area (Å²) in [6.45, 7) is 7.44. The number of hydrogen-bond acceptors (Lipinski definition) is 3. The smallest absolute Gasteiger partial charge is 0.245 e. The van der Waals surface area contributed by atoms with E-state index in [1.165, 1.54) is 6.92 Å². The molecule has 0 saturated carbocycles. The predicted molar refractivity (Wildman–Crippen MR) is 78.1 cm³/mol. The first-order valence-corrected chi connectivity index (χ1v) is 6.51. The first-order valence-electron chi connectivity index (χ1n) is 6.51. The SMILES string of the molecule is CC(=O)N1CCCC1C(=O)N(C)CC(C)(C)CN.Cl. The summed E-state index contributed by atoms with van der Waals surface area (Å²) in [7, 11) is 1.79. The third kappa shape index (κ3) is 4.66. The molecule has 1 heterocycles. The second-order valence-electron chi connectivity index (χ2n) is 5.93. The molecule has 1 rings (SSSR count). The topological polar surface area (TPSA) is 66.6 Å². The summed E-state index contributed by atoms with van der Waals surface area (Å²) in [4.78, 5) is 27.2. The molecule has 5 nitrogen and oxygen atoms in total. The number of likely N-dealkylation sites (tertiary alicyclic amines) is 1. The van der Waals surface area contributed by atoms with E-state index in [9.17, 15) is 9.59 Å². The number of rotatable bonds is 4. The molecule has 1 fully saturated rings. The van der Waals surface area contributed by atoms with Crippen LogP contribution in [-0.4, -0.2) is 54.3 Å². The van der Waals surface area contributed by atoms with E-state index in [0.717, 1.165) is 12.8 Å². The Morgan fingerprint density at radius 2 is 2.00 bits per heavy atom. The van der Waals surface area contributed by atoms with E-state index < -0.39 is 0 Å². The number of nitrogens with zero attached hydrogens (tertiary/aromatic N) is 2. The predicted octanol–water partition coefficient (Wildman–Crippen LogP) is 0.862. The van der Waals surface area contributed by atoms with Gasteiger partial charge in [-0.15, -0.1) is 12.4 Å². The lowest BCUT2D eigenvalue weighted by Crippen LogP contribution is -2.49. The van der Waals surface area contributed by atoms with Crippen LogP contribution in [0.2, 0.25) is 0 Å². The van der Waals surface area contributed by atoms with Crippen LogP contribution in [0, 0.1) is 5.41 Å². The number of nitrogens with two attached hydrogens (primary N) is 1. The Kier molecular flexibility index (Phi) is 6.80. The van der Waals surface area contributed by atoms with Gasteiger partial charge in [-0.25, -0.2) is 0 Å². The van der Waals surface area contributed by atoms with Crippen molar-refractivity contribution in [2.75, 3.05) is 26.7 Å². The first kappa shape index (κ1) is 18.2. The van der Waals surface area contributed by atoms with E-state index >= 15 is 0 Å². The third-order valence-electron chi connectivity index (χ3n) is 3.54. The minimum atomic E-state index is -0.277. The van der Waals surface area contributed by atoms with E-state index in [-0.39, 0.29) is 35.7 Å². The van der Waals surface area contributed by atoms with Crippen LogP contribution in [0.1, 0.15) is 33.6 Å². The number of carbonyl (C=O) groups excluding carboxylic acids is 2. The molecule has 1 atom stereocenters. The van der Waals surface area contributed by atoms with Crippen LogP contribution in [0.5, 0.6) is 0 Å². The van der Waals surface area contributed by atoms with Gasteiger partial charge >= 0.3 is 0 Å². The van der Waals surface area contributed by atoms with Crippen molar-refractivity contribution in [1.29, 1.82) is 0 Å². The lowest BCUT2D eigenvalue weighted by atomic mass is 9.93. The van der Waals surface area contributed by atoms with Crippen LogP contribution in [0.4, 0.5) is 0 Å². The number of hydrogen-bond donors (Lipinski definition) is 1. The Balaban J connectivity index is 0.00000324. The van der Waals surface area contributed by atoms with Crippen molar-refractivity contribution in [3.8, 4) is 0 Å². The van der Waals surface area contributed by atoms with Gasteiger partial charge in [-0.3, -0.25) is 9.59 Å². The molecule has 2 N–H and O–H groups in total. The fraction of sp³-hybridized carbons (Fsp3) is 0.846. The molecule has 19 heavy (non-hydrogen) atoms. The van der Waals surface area contributed by atoms with Crippen LogP contribution in [-0.2, 0) is 9.59 Å². The lowest BCUT2D eigenvalue weighted by Gasteiger charge is -2.32.